The monoisotopic (exact) mass is 164 g/mol. The van der Waals surface area contributed by atoms with Crippen LogP contribution in [0.25, 0.3) is 0 Å². The van der Waals surface area contributed by atoms with Crippen molar-refractivity contribution in [2.45, 2.75) is 26.2 Å². The van der Waals surface area contributed by atoms with Crippen LogP contribution in [-0.2, 0) is 4.57 Å². The Morgan fingerprint density at radius 1 is 1.60 bits per heavy atom. The van der Waals surface area contributed by atoms with E-state index in [-0.39, 0.29) is 5.31 Å². The third kappa shape index (κ3) is 3.83. The number of allylic oxidation sites excluding steroid dienone is 1. The standard InChI is InChI=1S/C6H13O3P/c1-3-4-5-6(2)10(7,8)9/h2-5H2,1H3,(H2,7,8,9). The van der Waals surface area contributed by atoms with Crippen molar-refractivity contribution < 1.29 is 14.4 Å². The van der Waals surface area contributed by atoms with Crippen LogP contribution in [0.1, 0.15) is 26.2 Å². The van der Waals surface area contributed by atoms with Crippen molar-refractivity contribution in [2.24, 2.45) is 0 Å². The molecule has 0 saturated carbocycles. The predicted molar refractivity (Wildman–Crippen MR) is 40.7 cm³/mol. The molecule has 0 aliphatic carbocycles. The Morgan fingerprint density at radius 2 is 2.10 bits per heavy atom. The average Bonchev–Trinajstić information content (AvgIpc) is 1.80. The van der Waals surface area contributed by atoms with Gasteiger partial charge < -0.3 is 9.79 Å². The Morgan fingerprint density at radius 3 is 2.40 bits per heavy atom. The van der Waals surface area contributed by atoms with Crippen molar-refractivity contribution >= 4 is 7.60 Å². The smallest absolute Gasteiger partial charge is 0.321 e. The fourth-order valence-electron chi connectivity index (χ4n) is 0.526. The quantitative estimate of drug-likeness (QED) is 0.623. The SMILES string of the molecule is C=C(CCCC)P(=O)(O)O. The predicted octanol–water partition coefficient (Wildman–Crippen LogP) is 1.87. The molecule has 0 aromatic rings. The van der Waals surface area contributed by atoms with Gasteiger partial charge in [0, 0.05) is 5.31 Å². The Labute approximate surface area is 60.9 Å². The van der Waals surface area contributed by atoms with Crippen molar-refractivity contribution in [1.82, 2.24) is 0 Å². The Balaban J connectivity index is 3.76. The molecule has 0 bridgehead atoms. The van der Waals surface area contributed by atoms with Crippen LogP contribution >= 0.6 is 7.60 Å². The summed E-state index contributed by atoms with van der Waals surface area (Å²) in [6.45, 7) is 5.27. The van der Waals surface area contributed by atoms with Crippen molar-refractivity contribution in [1.29, 1.82) is 0 Å². The second-order valence-electron chi connectivity index (χ2n) is 2.21. The molecular weight excluding hydrogens is 151 g/mol. The summed E-state index contributed by atoms with van der Waals surface area (Å²) in [6.07, 6.45) is 2.16. The average molecular weight is 164 g/mol. The van der Waals surface area contributed by atoms with E-state index in [0.717, 1.165) is 12.8 Å². The maximum absolute atomic E-state index is 10.4. The zero-order chi connectivity index (χ0) is 8.20. The molecule has 3 nitrogen and oxygen atoms in total. The number of unbranched alkanes of at least 4 members (excludes halogenated alkanes) is 1. The molecule has 0 aliphatic rings. The third-order valence-electron chi connectivity index (χ3n) is 1.23. The highest BCUT2D eigenvalue weighted by molar-refractivity contribution is 7.56. The molecule has 60 valence electrons. The van der Waals surface area contributed by atoms with Crippen LogP contribution in [-0.4, -0.2) is 9.79 Å². The fraction of sp³-hybridized carbons (Fsp3) is 0.667. The molecule has 0 aromatic carbocycles. The first-order valence-corrected chi connectivity index (χ1v) is 4.83. The second-order valence-corrected chi connectivity index (χ2v) is 3.93. The largest absolute Gasteiger partial charge is 0.351 e. The van der Waals surface area contributed by atoms with Crippen LogP contribution in [0.3, 0.4) is 0 Å². The Bertz CT molecular complexity index is 158. The maximum atomic E-state index is 10.4. The van der Waals surface area contributed by atoms with Gasteiger partial charge in [-0.25, -0.2) is 0 Å². The maximum Gasteiger partial charge on any atom is 0.351 e. The summed E-state index contributed by atoms with van der Waals surface area (Å²) in [6, 6.07) is 0. The van der Waals surface area contributed by atoms with E-state index in [1.807, 2.05) is 6.92 Å². The van der Waals surface area contributed by atoms with E-state index < -0.39 is 7.60 Å². The summed E-state index contributed by atoms with van der Waals surface area (Å²) in [5.74, 6) is 0. The molecule has 0 aromatic heterocycles. The summed E-state index contributed by atoms with van der Waals surface area (Å²) in [7, 11) is -3.98. The van der Waals surface area contributed by atoms with Gasteiger partial charge in [0.15, 0.2) is 0 Å². The topological polar surface area (TPSA) is 57.5 Å². The van der Waals surface area contributed by atoms with E-state index in [4.69, 9.17) is 9.79 Å². The van der Waals surface area contributed by atoms with Gasteiger partial charge in [-0.15, -0.1) is 0 Å². The number of rotatable bonds is 4. The summed E-state index contributed by atoms with van der Waals surface area (Å²) in [5, 5.41) is 0.0503. The summed E-state index contributed by atoms with van der Waals surface area (Å²) < 4.78 is 10.4. The molecule has 0 radical (unpaired) electrons. The van der Waals surface area contributed by atoms with Gasteiger partial charge in [-0.2, -0.15) is 0 Å². The third-order valence-corrected chi connectivity index (χ3v) is 2.28. The van der Waals surface area contributed by atoms with Crippen LogP contribution in [0.15, 0.2) is 11.9 Å². The highest BCUT2D eigenvalue weighted by atomic mass is 31.2. The molecule has 0 heterocycles. The van der Waals surface area contributed by atoms with Crippen LogP contribution < -0.4 is 0 Å². The molecule has 0 unspecified atom stereocenters. The highest BCUT2D eigenvalue weighted by Gasteiger charge is 2.16. The minimum absolute atomic E-state index is 0.0503. The van der Waals surface area contributed by atoms with Crippen LogP contribution in [0, 0.1) is 0 Å². The fourth-order valence-corrected chi connectivity index (χ4v) is 0.976. The number of hydrogen-bond donors (Lipinski definition) is 2. The minimum Gasteiger partial charge on any atom is -0.321 e. The summed E-state index contributed by atoms with van der Waals surface area (Å²) in [5.41, 5.74) is 0. The van der Waals surface area contributed by atoms with Gasteiger partial charge in [0.05, 0.1) is 0 Å². The van der Waals surface area contributed by atoms with E-state index in [1.54, 1.807) is 0 Å². The van der Waals surface area contributed by atoms with Crippen molar-refractivity contribution in [3.8, 4) is 0 Å². The van der Waals surface area contributed by atoms with Crippen LogP contribution in [0.2, 0.25) is 0 Å². The van der Waals surface area contributed by atoms with Crippen LogP contribution in [0.5, 0.6) is 0 Å². The normalized spacial score (nSPS) is 11.5. The molecule has 0 rings (SSSR count). The van der Waals surface area contributed by atoms with E-state index in [0.29, 0.717) is 6.42 Å². The molecule has 10 heavy (non-hydrogen) atoms. The Kier molecular flexibility index (Phi) is 3.87. The van der Waals surface area contributed by atoms with E-state index in [2.05, 4.69) is 6.58 Å². The lowest BCUT2D eigenvalue weighted by Gasteiger charge is -2.05. The lowest BCUT2D eigenvalue weighted by atomic mass is 10.2. The molecule has 2 N–H and O–H groups in total. The Hall–Kier alpha value is -0.110. The molecule has 4 heteroatoms. The second kappa shape index (κ2) is 3.91. The first-order valence-electron chi connectivity index (χ1n) is 3.22. The molecule has 0 spiro atoms. The lowest BCUT2D eigenvalue weighted by Crippen LogP contribution is -1.83. The molecule has 0 amide bonds. The zero-order valence-electron chi connectivity index (χ0n) is 6.08. The van der Waals surface area contributed by atoms with Gasteiger partial charge in [-0.05, 0) is 12.8 Å². The first kappa shape index (κ1) is 9.89. The van der Waals surface area contributed by atoms with Gasteiger partial charge in [0.1, 0.15) is 0 Å². The van der Waals surface area contributed by atoms with E-state index in [9.17, 15) is 4.57 Å². The molecule has 0 atom stereocenters. The molecule has 0 saturated heterocycles. The van der Waals surface area contributed by atoms with Gasteiger partial charge in [0.25, 0.3) is 0 Å². The lowest BCUT2D eigenvalue weighted by molar-refractivity contribution is 0.380. The van der Waals surface area contributed by atoms with Gasteiger partial charge in [-0.1, -0.05) is 19.9 Å². The van der Waals surface area contributed by atoms with Gasteiger partial charge >= 0.3 is 7.60 Å². The summed E-state index contributed by atoms with van der Waals surface area (Å²) in [4.78, 5) is 17.0. The number of hydrogen-bond acceptors (Lipinski definition) is 1. The van der Waals surface area contributed by atoms with E-state index >= 15 is 0 Å². The first-order chi connectivity index (χ1) is 4.48. The van der Waals surface area contributed by atoms with Crippen molar-refractivity contribution in [3.05, 3.63) is 11.9 Å². The van der Waals surface area contributed by atoms with Crippen molar-refractivity contribution in [2.75, 3.05) is 0 Å². The highest BCUT2D eigenvalue weighted by Crippen LogP contribution is 2.45. The molecule has 0 fully saturated rings. The van der Waals surface area contributed by atoms with Gasteiger partial charge in [-0.3, -0.25) is 4.57 Å². The van der Waals surface area contributed by atoms with Crippen LogP contribution in [0.4, 0.5) is 0 Å². The van der Waals surface area contributed by atoms with Crippen molar-refractivity contribution in [3.63, 3.8) is 0 Å². The molecular formula is C6H13O3P. The van der Waals surface area contributed by atoms with Gasteiger partial charge in [0.2, 0.25) is 0 Å². The zero-order valence-corrected chi connectivity index (χ0v) is 6.97. The minimum atomic E-state index is -3.98. The van der Waals surface area contributed by atoms with E-state index in [1.165, 1.54) is 0 Å². The molecule has 0 aliphatic heterocycles. The summed E-state index contributed by atoms with van der Waals surface area (Å²) >= 11 is 0.